The molecule has 0 aliphatic carbocycles. The van der Waals surface area contributed by atoms with Crippen LogP contribution in [0.25, 0.3) is 60.6 Å². The predicted molar refractivity (Wildman–Crippen MR) is 139 cm³/mol. The summed E-state index contributed by atoms with van der Waals surface area (Å²) in [4.78, 5) is 0. The largest absolute Gasteiger partial charge is 0.455 e. The Labute approximate surface area is 195 Å². The lowest BCUT2D eigenvalue weighted by molar-refractivity contribution is 0.670. The van der Waals surface area contributed by atoms with Crippen LogP contribution in [0.5, 0.6) is 0 Å². The normalized spacial score (nSPS) is 11.8. The molecule has 0 radical (unpaired) electrons. The Balaban J connectivity index is 1.53. The molecule has 2 heterocycles. The second kappa shape index (κ2) is 6.99. The highest BCUT2D eigenvalue weighted by atomic mass is 35.5. The second-order valence-corrected chi connectivity index (χ2v) is 8.78. The standard InChI is InChI=1S/C30H18ClNO/c31-20-16-19(22-11-7-12-26-25-10-3-6-15-29(25)33-30(22)26)17-21(18-20)32-27-13-4-1-8-23(27)24-9-2-5-14-28(24)32/h1-18H. The summed E-state index contributed by atoms with van der Waals surface area (Å²) < 4.78 is 8.59. The second-order valence-electron chi connectivity index (χ2n) is 8.35. The Morgan fingerprint density at radius 1 is 0.576 bits per heavy atom. The third-order valence-electron chi connectivity index (χ3n) is 6.44. The Hall–Kier alpha value is -4.01. The molecule has 0 atom stereocenters. The van der Waals surface area contributed by atoms with Crippen molar-refractivity contribution in [2.24, 2.45) is 0 Å². The van der Waals surface area contributed by atoms with Gasteiger partial charge in [0.25, 0.3) is 0 Å². The number of aromatic nitrogens is 1. The summed E-state index contributed by atoms with van der Waals surface area (Å²) in [6.45, 7) is 0. The molecule has 0 fully saturated rings. The Morgan fingerprint density at radius 2 is 1.21 bits per heavy atom. The van der Waals surface area contributed by atoms with Gasteiger partial charge in [0, 0.05) is 37.8 Å². The van der Waals surface area contributed by atoms with Crippen molar-refractivity contribution in [3.63, 3.8) is 0 Å². The molecule has 0 aliphatic rings. The van der Waals surface area contributed by atoms with E-state index in [0.717, 1.165) is 49.8 Å². The number of benzene rings is 5. The zero-order valence-corrected chi connectivity index (χ0v) is 18.4. The molecule has 0 saturated heterocycles. The van der Waals surface area contributed by atoms with Gasteiger partial charge in [0.15, 0.2) is 0 Å². The Kier molecular flexibility index (Phi) is 3.93. The van der Waals surface area contributed by atoms with E-state index in [-0.39, 0.29) is 0 Å². The highest BCUT2D eigenvalue weighted by Gasteiger charge is 2.16. The number of hydrogen-bond acceptors (Lipinski definition) is 1. The van der Waals surface area contributed by atoms with Crippen molar-refractivity contribution in [3.05, 3.63) is 114 Å². The quantitative estimate of drug-likeness (QED) is 0.260. The van der Waals surface area contributed by atoms with E-state index in [2.05, 4.69) is 83.4 Å². The maximum Gasteiger partial charge on any atom is 0.143 e. The summed E-state index contributed by atoms with van der Waals surface area (Å²) in [7, 11) is 0. The first kappa shape index (κ1) is 18.6. The van der Waals surface area contributed by atoms with Gasteiger partial charge in [0.1, 0.15) is 11.2 Å². The van der Waals surface area contributed by atoms with Crippen LogP contribution < -0.4 is 0 Å². The topological polar surface area (TPSA) is 18.1 Å². The molecule has 33 heavy (non-hydrogen) atoms. The summed E-state index contributed by atoms with van der Waals surface area (Å²) in [5.74, 6) is 0. The molecular weight excluding hydrogens is 426 g/mol. The molecule has 2 nitrogen and oxygen atoms in total. The van der Waals surface area contributed by atoms with Gasteiger partial charge in [-0.05, 0) is 42.0 Å². The first-order valence-electron chi connectivity index (χ1n) is 11.0. The van der Waals surface area contributed by atoms with Crippen molar-refractivity contribution < 1.29 is 4.42 Å². The van der Waals surface area contributed by atoms with E-state index in [1.165, 1.54) is 10.8 Å². The molecule has 7 aromatic rings. The number of fused-ring (bicyclic) bond motifs is 6. The highest BCUT2D eigenvalue weighted by molar-refractivity contribution is 6.31. The Morgan fingerprint density at radius 3 is 1.97 bits per heavy atom. The van der Waals surface area contributed by atoms with Gasteiger partial charge in [0.05, 0.1) is 11.0 Å². The fourth-order valence-electron chi connectivity index (χ4n) is 5.03. The lowest BCUT2D eigenvalue weighted by atomic mass is 10.0. The molecule has 0 amide bonds. The van der Waals surface area contributed by atoms with Crippen LogP contribution in [0, 0.1) is 0 Å². The minimum Gasteiger partial charge on any atom is -0.455 e. The maximum atomic E-state index is 6.71. The van der Waals surface area contributed by atoms with E-state index in [0.29, 0.717) is 5.02 Å². The fraction of sp³-hybridized carbons (Fsp3) is 0. The van der Waals surface area contributed by atoms with Crippen LogP contribution in [0.4, 0.5) is 0 Å². The number of halogens is 1. The van der Waals surface area contributed by atoms with Gasteiger partial charge >= 0.3 is 0 Å². The number of nitrogens with zero attached hydrogens (tertiary/aromatic N) is 1. The van der Waals surface area contributed by atoms with Crippen LogP contribution in [0.1, 0.15) is 0 Å². The van der Waals surface area contributed by atoms with E-state index in [1.54, 1.807) is 0 Å². The molecule has 7 rings (SSSR count). The zero-order valence-electron chi connectivity index (χ0n) is 17.6. The number of hydrogen-bond donors (Lipinski definition) is 0. The smallest absolute Gasteiger partial charge is 0.143 e. The average Bonchev–Trinajstić information content (AvgIpc) is 3.39. The van der Waals surface area contributed by atoms with Crippen molar-refractivity contribution in [1.82, 2.24) is 4.57 Å². The highest BCUT2D eigenvalue weighted by Crippen LogP contribution is 2.39. The van der Waals surface area contributed by atoms with E-state index in [1.807, 2.05) is 30.3 Å². The molecule has 0 aliphatic heterocycles. The van der Waals surface area contributed by atoms with E-state index < -0.39 is 0 Å². The summed E-state index contributed by atoms with van der Waals surface area (Å²) in [6.07, 6.45) is 0. The van der Waals surface area contributed by atoms with Gasteiger partial charge in [-0.2, -0.15) is 0 Å². The first-order chi connectivity index (χ1) is 16.3. The predicted octanol–water partition coefficient (Wildman–Crippen LogP) is 9.00. The van der Waals surface area contributed by atoms with Crippen molar-refractivity contribution in [1.29, 1.82) is 0 Å². The monoisotopic (exact) mass is 443 g/mol. The number of furan rings is 1. The number of para-hydroxylation sites is 4. The van der Waals surface area contributed by atoms with Gasteiger partial charge in [-0.25, -0.2) is 0 Å². The lowest BCUT2D eigenvalue weighted by Crippen LogP contribution is -1.94. The SMILES string of the molecule is Clc1cc(-c2cccc3c2oc2ccccc23)cc(-n2c3ccccc3c3ccccc32)c1. The molecule has 2 aromatic heterocycles. The average molecular weight is 444 g/mol. The molecule has 0 saturated carbocycles. The molecule has 5 aromatic carbocycles. The molecule has 156 valence electrons. The van der Waals surface area contributed by atoms with Crippen molar-refractivity contribution in [2.45, 2.75) is 0 Å². The molecule has 3 heteroatoms. The van der Waals surface area contributed by atoms with Gasteiger partial charge in [-0.15, -0.1) is 0 Å². The molecule has 0 unspecified atom stereocenters. The van der Waals surface area contributed by atoms with Gasteiger partial charge in [-0.1, -0.05) is 84.4 Å². The minimum absolute atomic E-state index is 0.692. The maximum absolute atomic E-state index is 6.71. The molecule has 0 spiro atoms. The molecule has 0 N–H and O–H groups in total. The van der Waals surface area contributed by atoms with Gasteiger partial charge < -0.3 is 8.98 Å². The third kappa shape index (κ3) is 2.75. The molecular formula is C30H18ClNO. The summed E-state index contributed by atoms with van der Waals surface area (Å²) in [6, 6.07) is 37.7. The summed E-state index contributed by atoms with van der Waals surface area (Å²) in [5.41, 5.74) is 7.20. The number of rotatable bonds is 2. The van der Waals surface area contributed by atoms with E-state index in [9.17, 15) is 0 Å². The van der Waals surface area contributed by atoms with Crippen molar-refractivity contribution in [3.8, 4) is 16.8 Å². The van der Waals surface area contributed by atoms with Crippen LogP contribution in [-0.4, -0.2) is 4.57 Å². The van der Waals surface area contributed by atoms with Crippen LogP contribution in [-0.2, 0) is 0 Å². The zero-order chi connectivity index (χ0) is 21.9. The third-order valence-corrected chi connectivity index (χ3v) is 6.65. The minimum atomic E-state index is 0.692. The van der Waals surface area contributed by atoms with Crippen molar-refractivity contribution >= 4 is 55.3 Å². The fourth-order valence-corrected chi connectivity index (χ4v) is 5.26. The van der Waals surface area contributed by atoms with Crippen LogP contribution in [0.3, 0.4) is 0 Å². The Bertz CT molecular complexity index is 1790. The molecule has 0 bridgehead atoms. The van der Waals surface area contributed by atoms with Gasteiger partial charge in [-0.3, -0.25) is 0 Å². The van der Waals surface area contributed by atoms with E-state index in [4.69, 9.17) is 16.0 Å². The van der Waals surface area contributed by atoms with Crippen LogP contribution in [0.2, 0.25) is 5.02 Å². The van der Waals surface area contributed by atoms with E-state index >= 15 is 0 Å². The van der Waals surface area contributed by atoms with Crippen molar-refractivity contribution in [2.75, 3.05) is 0 Å². The lowest BCUT2D eigenvalue weighted by Gasteiger charge is -2.12. The first-order valence-corrected chi connectivity index (χ1v) is 11.4. The van der Waals surface area contributed by atoms with Crippen LogP contribution >= 0.6 is 11.6 Å². The summed E-state index contributed by atoms with van der Waals surface area (Å²) in [5, 5.41) is 5.39. The summed E-state index contributed by atoms with van der Waals surface area (Å²) >= 11 is 6.71. The van der Waals surface area contributed by atoms with Crippen LogP contribution in [0.15, 0.2) is 114 Å². The van der Waals surface area contributed by atoms with Gasteiger partial charge in [0.2, 0.25) is 0 Å².